The van der Waals surface area contributed by atoms with Gasteiger partial charge < -0.3 is 5.73 Å². The van der Waals surface area contributed by atoms with Crippen LogP contribution in [0.4, 0.5) is 5.69 Å². The first-order chi connectivity index (χ1) is 9.70. The number of benzene rings is 1. The zero-order valence-electron chi connectivity index (χ0n) is 11.5. The fourth-order valence-electron chi connectivity index (χ4n) is 1.95. The molecular weight excluding hydrogens is 268 g/mol. The maximum Gasteiger partial charge on any atom is 0.0378 e. The molecule has 1 atom stereocenters. The van der Waals surface area contributed by atoms with E-state index in [-0.39, 0.29) is 6.04 Å². The molecule has 0 radical (unpaired) electrons. The Morgan fingerprint density at radius 3 is 2.80 bits per heavy atom. The molecule has 1 aromatic carbocycles. The van der Waals surface area contributed by atoms with E-state index in [1.807, 2.05) is 12.1 Å². The van der Waals surface area contributed by atoms with Crippen molar-refractivity contribution >= 4 is 17.4 Å². The van der Waals surface area contributed by atoms with E-state index < -0.39 is 0 Å². The van der Waals surface area contributed by atoms with Gasteiger partial charge in [0.05, 0.1) is 0 Å². The fraction of sp³-hybridized carbons (Fsp3) is 0.267. The molecule has 2 aromatic rings. The lowest BCUT2D eigenvalue weighted by atomic mass is 10.1. The number of aryl methyl sites for hydroxylation is 1. The highest BCUT2D eigenvalue weighted by molar-refractivity contribution is 7.99. The molecule has 0 saturated heterocycles. The summed E-state index contributed by atoms with van der Waals surface area (Å²) >= 11 is 1.80. The summed E-state index contributed by atoms with van der Waals surface area (Å²) in [5.41, 5.74) is 11.9. The molecule has 5 N–H and O–H groups in total. The number of nitrogen functional groups attached to an aromatic ring is 1. The average molecular weight is 288 g/mol. The van der Waals surface area contributed by atoms with Crippen molar-refractivity contribution in [1.29, 1.82) is 0 Å². The summed E-state index contributed by atoms with van der Waals surface area (Å²) in [6.45, 7) is 2.12. The Morgan fingerprint density at radius 1 is 1.30 bits per heavy atom. The highest BCUT2D eigenvalue weighted by atomic mass is 32.2. The molecule has 0 amide bonds. The minimum Gasteiger partial charge on any atom is -0.398 e. The van der Waals surface area contributed by atoms with Crippen molar-refractivity contribution in [1.82, 2.24) is 10.4 Å². The van der Waals surface area contributed by atoms with Crippen molar-refractivity contribution < 1.29 is 0 Å². The molecule has 0 saturated carbocycles. The maximum absolute atomic E-state index is 5.94. The van der Waals surface area contributed by atoms with Crippen LogP contribution in [0.1, 0.15) is 11.1 Å². The third-order valence-electron chi connectivity index (χ3n) is 3.18. The summed E-state index contributed by atoms with van der Waals surface area (Å²) < 4.78 is 0. The first-order valence-electron chi connectivity index (χ1n) is 6.53. The standard InChI is InChI=1S/C15H20N4S/c1-11-4-2-3-5-15(11)20-10-13(19-17)8-12-9-18-7-6-14(12)16/h2-7,9,13,19H,8,10,17H2,1H3,(H2,16,18). The molecule has 106 valence electrons. The highest BCUT2D eigenvalue weighted by Gasteiger charge is 2.11. The van der Waals surface area contributed by atoms with Crippen LogP contribution < -0.4 is 17.0 Å². The smallest absolute Gasteiger partial charge is 0.0378 e. The monoisotopic (exact) mass is 288 g/mol. The second-order valence-electron chi connectivity index (χ2n) is 4.72. The number of aromatic nitrogens is 1. The fourth-order valence-corrected chi connectivity index (χ4v) is 3.01. The molecule has 1 aromatic heterocycles. The van der Waals surface area contributed by atoms with Crippen LogP contribution in [0.5, 0.6) is 0 Å². The zero-order valence-corrected chi connectivity index (χ0v) is 12.4. The van der Waals surface area contributed by atoms with Gasteiger partial charge in [0.2, 0.25) is 0 Å². The van der Waals surface area contributed by atoms with Crippen LogP contribution in [0, 0.1) is 6.92 Å². The number of hydrogen-bond donors (Lipinski definition) is 3. The molecule has 0 aliphatic rings. The van der Waals surface area contributed by atoms with Crippen LogP contribution in [0.15, 0.2) is 47.6 Å². The van der Waals surface area contributed by atoms with Gasteiger partial charge in [-0.05, 0) is 36.6 Å². The van der Waals surface area contributed by atoms with Crippen molar-refractivity contribution in [3.63, 3.8) is 0 Å². The average Bonchev–Trinajstić information content (AvgIpc) is 2.47. The molecule has 2 rings (SSSR count). The van der Waals surface area contributed by atoms with Gasteiger partial charge in [0, 0.05) is 34.8 Å². The minimum atomic E-state index is 0.158. The van der Waals surface area contributed by atoms with Gasteiger partial charge in [-0.25, -0.2) is 0 Å². The third kappa shape index (κ3) is 3.96. The van der Waals surface area contributed by atoms with E-state index in [2.05, 4.69) is 35.5 Å². The van der Waals surface area contributed by atoms with Gasteiger partial charge in [0.15, 0.2) is 0 Å². The molecule has 1 heterocycles. The van der Waals surface area contributed by atoms with Crippen LogP contribution in [0.25, 0.3) is 0 Å². The van der Waals surface area contributed by atoms with Gasteiger partial charge >= 0.3 is 0 Å². The number of nitrogens with one attached hydrogen (secondary N) is 1. The lowest BCUT2D eigenvalue weighted by molar-refractivity contribution is 0.575. The Hall–Kier alpha value is -1.56. The SMILES string of the molecule is Cc1ccccc1SCC(Cc1cnccc1N)NN. The summed E-state index contributed by atoms with van der Waals surface area (Å²) in [6, 6.07) is 10.3. The van der Waals surface area contributed by atoms with E-state index in [1.54, 1.807) is 24.2 Å². The normalized spacial score (nSPS) is 12.3. The Kier molecular flexibility index (Phi) is 5.40. The Bertz CT molecular complexity index is 559. The van der Waals surface area contributed by atoms with Gasteiger partial charge in [0.1, 0.15) is 0 Å². The molecule has 4 nitrogen and oxygen atoms in total. The van der Waals surface area contributed by atoms with Gasteiger partial charge in [0.25, 0.3) is 0 Å². The van der Waals surface area contributed by atoms with Crippen molar-refractivity contribution in [2.45, 2.75) is 24.3 Å². The number of hydrazine groups is 1. The second kappa shape index (κ2) is 7.28. The van der Waals surface area contributed by atoms with Crippen LogP contribution in [-0.2, 0) is 6.42 Å². The van der Waals surface area contributed by atoms with Crippen LogP contribution in [0.3, 0.4) is 0 Å². The van der Waals surface area contributed by atoms with E-state index in [9.17, 15) is 0 Å². The van der Waals surface area contributed by atoms with E-state index in [0.29, 0.717) is 0 Å². The Morgan fingerprint density at radius 2 is 2.10 bits per heavy atom. The minimum absolute atomic E-state index is 0.158. The lowest BCUT2D eigenvalue weighted by Gasteiger charge is -2.17. The third-order valence-corrected chi connectivity index (χ3v) is 4.52. The lowest BCUT2D eigenvalue weighted by Crippen LogP contribution is -2.38. The number of anilines is 1. The van der Waals surface area contributed by atoms with E-state index in [0.717, 1.165) is 23.4 Å². The predicted octanol–water partition coefficient (Wildman–Crippen LogP) is 2.14. The molecule has 0 bridgehead atoms. The molecule has 5 heteroatoms. The molecular formula is C15H20N4S. The maximum atomic E-state index is 5.94. The van der Waals surface area contributed by atoms with E-state index in [4.69, 9.17) is 11.6 Å². The second-order valence-corrected chi connectivity index (χ2v) is 5.78. The molecule has 0 spiro atoms. The zero-order chi connectivity index (χ0) is 14.4. The van der Waals surface area contributed by atoms with Gasteiger partial charge in [-0.15, -0.1) is 11.8 Å². The van der Waals surface area contributed by atoms with Crippen molar-refractivity contribution in [3.8, 4) is 0 Å². The first-order valence-corrected chi connectivity index (χ1v) is 7.52. The number of hydrogen-bond acceptors (Lipinski definition) is 5. The summed E-state index contributed by atoms with van der Waals surface area (Å²) in [7, 11) is 0. The van der Waals surface area contributed by atoms with Crippen molar-refractivity contribution in [2.75, 3.05) is 11.5 Å². The summed E-state index contributed by atoms with van der Waals surface area (Å²) in [5, 5.41) is 0. The van der Waals surface area contributed by atoms with Crippen molar-refractivity contribution in [2.24, 2.45) is 5.84 Å². The number of thioether (sulfide) groups is 1. The summed E-state index contributed by atoms with van der Waals surface area (Å²) in [5.74, 6) is 6.53. The summed E-state index contributed by atoms with van der Waals surface area (Å²) in [4.78, 5) is 5.39. The number of nitrogens with two attached hydrogens (primary N) is 2. The first kappa shape index (κ1) is 14.8. The Labute approximate surface area is 123 Å². The molecule has 0 aliphatic carbocycles. The molecule has 20 heavy (non-hydrogen) atoms. The molecule has 1 unspecified atom stereocenters. The van der Waals surface area contributed by atoms with Crippen LogP contribution >= 0.6 is 11.8 Å². The number of nitrogens with zero attached hydrogens (tertiary/aromatic N) is 1. The predicted molar refractivity (Wildman–Crippen MR) is 85.4 cm³/mol. The quantitative estimate of drug-likeness (QED) is 0.431. The largest absolute Gasteiger partial charge is 0.398 e. The topological polar surface area (TPSA) is 77.0 Å². The number of rotatable bonds is 6. The van der Waals surface area contributed by atoms with Gasteiger partial charge in [-0.1, -0.05) is 18.2 Å². The van der Waals surface area contributed by atoms with Crippen LogP contribution in [-0.4, -0.2) is 16.8 Å². The van der Waals surface area contributed by atoms with E-state index in [1.165, 1.54) is 10.5 Å². The number of pyridine rings is 1. The highest BCUT2D eigenvalue weighted by Crippen LogP contribution is 2.23. The summed E-state index contributed by atoms with van der Waals surface area (Å²) in [6.07, 6.45) is 4.28. The van der Waals surface area contributed by atoms with Gasteiger partial charge in [-0.3, -0.25) is 16.3 Å². The van der Waals surface area contributed by atoms with Crippen molar-refractivity contribution in [3.05, 3.63) is 53.9 Å². The van der Waals surface area contributed by atoms with Crippen LogP contribution in [0.2, 0.25) is 0 Å². The molecule has 0 fully saturated rings. The van der Waals surface area contributed by atoms with Gasteiger partial charge in [-0.2, -0.15) is 0 Å². The molecule has 0 aliphatic heterocycles. The Balaban J connectivity index is 1.96. The van der Waals surface area contributed by atoms with E-state index >= 15 is 0 Å².